The van der Waals surface area contributed by atoms with Crippen LogP contribution in [-0.4, -0.2) is 27.6 Å². The maximum atomic E-state index is 5.75. The first-order valence-electron chi connectivity index (χ1n) is 6.64. The molecule has 0 aromatic rings. The van der Waals surface area contributed by atoms with Crippen molar-refractivity contribution in [2.45, 2.75) is 64.7 Å². The maximum absolute atomic E-state index is 5.75. The van der Waals surface area contributed by atoms with Crippen molar-refractivity contribution in [1.29, 1.82) is 0 Å². The molecule has 0 spiro atoms. The number of ether oxygens (including phenoxy) is 2. The molecule has 0 N–H and O–H groups in total. The summed E-state index contributed by atoms with van der Waals surface area (Å²) in [6, 6.07) is 1.34. The van der Waals surface area contributed by atoms with Crippen LogP contribution >= 0.6 is 15.3 Å². The van der Waals surface area contributed by atoms with Crippen LogP contribution in [0.4, 0.5) is 0 Å². The van der Waals surface area contributed by atoms with Gasteiger partial charge in [0.1, 0.15) is 0 Å². The SMILES string of the molecule is CCCCOC(CCC[SiH2]Br)OCCCC. The first-order valence-corrected chi connectivity index (χ1v) is 11.5. The van der Waals surface area contributed by atoms with E-state index in [9.17, 15) is 0 Å². The highest BCUT2D eigenvalue weighted by atomic mass is 79.9. The third kappa shape index (κ3) is 11.1. The smallest absolute Gasteiger partial charge is 0.157 e. The Morgan fingerprint density at radius 3 is 2.00 bits per heavy atom. The number of hydrogen-bond acceptors (Lipinski definition) is 2. The van der Waals surface area contributed by atoms with Crippen molar-refractivity contribution < 1.29 is 9.47 Å². The summed E-state index contributed by atoms with van der Waals surface area (Å²) in [6.07, 6.45) is 7.01. The van der Waals surface area contributed by atoms with Crippen LogP contribution in [-0.2, 0) is 9.47 Å². The summed E-state index contributed by atoms with van der Waals surface area (Å²) in [5.74, 6) is 0. The third-order valence-corrected chi connectivity index (χ3v) is 4.88. The van der Waals surface area contributed by atoms with Crippen LogP contribution in [0, 0.1) is 0 Å². The molecular weight excluding hydrogens is 284 g/mol. The lowest BCUT2D eigenvalue weighted by molar-refractivity contribution is -0.147. The van der Waals surface area contributed by atoms with Gasteiger partial charge in [0.2, 0.25) is 0 Å². The lowest BCUT2D eigenvalue weighted by Gasteiger charge is -2.18. The minimum Gasteiger partial charge on any atom is -0.353 e. The van der Waals surface area contributed by atoms with E-state index < -0.39 is 0 Å². The van der Waals surface area contributed by atoms with Crippen LogP contribution in [0.25, 0.3) is 0 Å². The predicted molar refractivity (Wildman–Crippen MR) is 77.0 cm³/mol. The van der Waals surface area contributed by atoms with Gasteiger partial charge in [0.25, 0.3) is 0 Å². The monoisotopic (exact) mass is 310 g/mol. The molecule has 0 atom stereocenters. The second-order valence-electron chi connectivity index (χ2n) is 4.06. The molecule has 0 saturated carbocycles. The van der Waals surface area contributed by atoms with Gasteiger partial charge in [-0.1, -0.05) is 39.2 Å². The lowest BCUT2D eigenvalue weighted by atomic mass is 10.3. The fraction of sp³-hybridized carbons (Fsp3) is 1.00. The molecule has 0 aliphatic rings. The van der Waals surface area contributed by atoms with Crippen molar-refractivity contribution in [3.05, 3.63) is 0 Å². The second-order valence-corrected chi connectivity index (χ2v) is 7.53. The second kappa shape index (κ2) is 13.7. The molecule has 0 aliphatic heterocycles. The number of rotatable bonds is 12. The van der Waals surface area contributed by atoms with Gasteiger partial charge in [0.05, 0.1) is 8.14 Å². The van der Waals surface area contributed by atoms with Gasteiger partial charge in [-0.25, -0.2) is 0 Å². The van der Waals surface area contributed by atoms with Gasteiger partial charge in [-0.2, -0.15) is 0 Å². The van der Waals surface area contributed by atoms with E-state index in [0.29, 0.717) is 0 Å². The quantitative estimate of drug-likeness (QED) is 0.237. The fourth-order valence-corrected chi connectivity index (χ4v) is 3.01. The zero-order valence-electron chi connectivity index (χ0n) is 10.8. The average Bonchev–Trinajstić information content (AvgIpc) is 2.29. The van der Waals surface area contributed by atoms with E-state index in [1.807, 2.05) is 0 Å². The van der Waals surface area contributed by atoms with Gasteiger partial charge in [-0.3, -0.25) is 0 Å². The molecule has 0 heterocycles. The Morgan fingerprint density at radius 1 is 1.00 bits per heavy atom. The van der Waals surface area contributed by atoms with E-state index in [4.69, 9.17) is 9.47 Å². The molecule has 0 saturated heterocycles. The van der Waals surface area contributed by atoms with Crippen molar-refractivity contribution in [2.24, 2.45) is 0 Å². The van der Waals surface area contributed by atoms with Gasteiger partial charge in [0.15, 0.2) is 6.29 Å². The molecule has 16 heavy (non-hydrogen) atoms. The minimum absolute atomic E-state index is 0.0253. The van der Waals surface area contributed by atoms with E-state index in [-0.39, 0.29) is 14.4 Å². The van der Waals surface area contributed by atoms with E-state index in [1.54, 1.807) is 0 Å². The van der Waals surface area contributed by atoms with Crippen LogP contribution in [0.15, 0.2) is 0 Å². The number of hydrogen-bond donors (Lipinski definition) is 0. The van der Waals surface area contributed by atoms with Crippen molar-refractivity contribution in [3.63, 3.8) is 0 Å². The van der Waals surface area contributed by atoms with Crippen molar-refractivity contribution in [3.8, 4) is 0 Å². The Hall–Kier alpha value is 0.617. The normalized spacial score (nSPS) is 12.0. The van der Waals surface area contributed by atoms with E-state index in [2.05, 4.69) is 29.1 Å². The van der Waals surface area contributed by atoms with Gasteiger partial charge in [-0.05, 0) is 19.3 Å². The first-order chi connectivity index (χ1) is 7.85. The Morgan fingerprint density at radius 2 is 1.56 bits per heavy atom. The number of halogens is 1. The fourth-order valence-electron chi connectivity index (χ4n) is 1.34. The Bertz CT molecular complexity index is 112. The summed E-state index contributed by atoms with van der Waals surface area (Å²) in [6.45, 7) is 6.07. The molecule has 4 heteroatoms. The molecule has 98 valence electrons. The van der Waals surface area contributed by atoms with Crippen LogP contribution in [0.2, 0.25) is 6.04 Å². The lowest BCUT2D eigenvalue weighted by Crippen LogP contribution is -2.18. The van der Waals surface area contributed by atoms with Gasteiger partial charge in [0, 0.05) is 13.2 Å². The summed E-state index contributed by atoms with van der Waals surface area (Å²) < 4.78 is 11.5. The summed E-state index contributed by atoms with van der Waals surface area (Å²) in [4.78, 5) is 0. The summed E-state index contributed by atoms with van der Waals surface area (Å²) >= 11 is 3.58. The third-order valence-electron chi connectivity index (χ3n) is 2.43. The first kappa shape index (κ1) is 16.6. The molecule has 2 nitrogen and oxygen atoms in total. The molecule has 0 aromatic heterocycles. The predicted octanol–water partition coefficient (Wildman–Crippen LogP) is 3.62. The molecule has 0 amide bonds. The molecule has 0 radical (unpaired) electrons. The Labute approximate surface area is 111 Å². The molecule has 0 aromatic carbocycles. The van der Waals surface area contributed by atoms with Crippen LogP contribution < -0.4 is 0 Å². The highest BCUT2D eigenvalue weighted by molar-refractivity contribution is 9.23. The molecule has 0 rings (SSSR count). The average molecular weight is 311 g/mol. The molecular formula is C12H27BrO2Si. The summed E-state index contributed by atoms with van der Waals surface area (Å²) in [5.41, 5.74) is 0. The maximum Gasteiger partial charge on any atom is 0.157 e. The topological polar surface area (TPSA) is 18.5 Å². The highest BCUT2D eigenvalue weighted by Crippen LogP contribution is 2.09. The Kier molecular flexibility index (Phi) is 14.2. The summed E-state index contributed by atoms with van der Waals surface area (Å²) in [7, 11) is 0.0253. The van der Waals surface area contributed by atoms with Crippen LogP contribution in [0.1, 0.15) is 52.4 Å². The van der Waals surface area contributed by atoms with E-state index in [1.165, 1.54) is 25.3 Å². The zero-order chi connectivity index (χ0) is 12.1. The molecule has 0 unspecified atom stereocenters. The van der Waals surface area contributed by atoms with Crippen LogP contribution in [0.5, 0.6) is 0 Å². The summed E-state index contributed by atoms with van der Waals surface area (Å²) in [5, 5.41) is 0. The van der Waals surface area contributed by atoms with E-state index in [0.717, 1.165) is 32.5 Å². The van der Waals surface area contributed by atoms with Gasteiger partial charge >= 0.3 is 0 Å². The van der Waals surface area contributed by atoms with Crippen molar-refractivity contribution in [1.82, 2.24) is 0 Å². The molecule has 0 aliphatic carbocycles. The molecule has 0 fully saturated rings. The van der Waals surface area contributed by atoms with Crippen LogP contribution in [0.3, 0.4) is 0 Å². The minimum atomic E-state index is 0.0253. The van der Waals surface area contributed by atoms with Crippen molar-refractivity contribution in [2.75, 3.05) is 13.2 Å². The van der Waals surface area contributed by atoms with E-state index >= 15 is 0 Å². The van der Waals surface area contributed by atoms with Crippen molar-refractivity contribution >= 4 is 23.4 Å². The van der Waals surface area contributed by atoms with Gasteiger partial charge < -0.3 is 9.47 Å². The standard InChI is InChI=1S/C12H27BrO2Si/c1-3-5-9-14-12(8-7-11-16-13)15-10-6-4-2/h12H,3-11,16H2,1-2H3. The zero-order valence-corrected chi connectivity index (χ0v) is 13.8. The molecule has 0 bridgehead atoms. The number of unbranched alkanes of at least 4 members (excludes halogenated alkanes) is 2. The largest absolute Gasteiger partial charge is 0.353 e. The highest BCUT2D eigenvalue weighted by Gasteiger charge is 2.08. The Balaban J connectivity index is 3.58. The van der Waals surface area contributed by atoms with Gasteiger partial charge in [-0.15, -0.1) is 15.3 Å².